The van der Waals surface area contributed by atoms with Gasteiger partial charge in [-0.3, -0.25) is 14.5 Å². The van der Waals surface area contributed by atoms with Gasteiger partial charge < -0.3 is 23.4 Å². The third-order valence-corrected chi connectivity index (χ3v) is 9.28. The summed E-state index contributed by atoms with van der Waals surface area (Å²) < 4.78 is 31.3. The van der Waals surface area contributed by atoms with Gasteiger partial charge in [0, 0.05) is 18.0 Å². The molecule has 3 aliphatic heterocycles. The third-order valence-electron chi connectivity index (χ3n) is 9.28. The molecule has 0 radical (unpaired) electrons. The van der Waals surface area contributed by atoms with Gasteiger partial charge in [0.15, 0.2) is 29.2 Å². The highest BCUT2D eigenvalue weighted by molar-refractivity contribution is 6.21. The van der Waals surface area contributed by atoms with Crippen molar-refractivity contribution in [2.24, 2.45) is 5.92 Å². The van der Waals surface area contributed by atoms with E-state index in [1.165, 1.54) is 7.11 Å². The van der Waals surface area contributed by atoms with Gasteiger partial charge in [0.25, 0.3) is 0 Å². The molecular formula is C32H27NO8. The van der Waals surface area contributed by atoms with Crippen LogP contribution in [0.15, 0.2) is 69.9 Å². The molecule has 9 heteroatoms. The number of likely N-dealkylation sites (N-methyl/N-ethyl adjacent to an activating group) is 1. The van der Waals surface area contributed by atoms with Crippen LogP contribution in [0.2, 0.25) is 0 Å². The number of carbonyl (C=O) groups is 2. The Balaban J connectivity index is 1.53. The molecular weight excluding hydrogens is 526 g/mol. The lowest BCUT2D eigenvalue weighted by Gasteiger charge is -2.45. The van der Waals surface area contributed by atoms with E-state index in [0.29, 0.717) is 17.7 Å². The van der Waals surface area contributed by atoms with Gasteiger partial charge in [-0.15, -0.1) is 0 Å². The van der Waals surface area contributed by atoms with E-state index in [1.54, 1.807) is 44.2 Å². The van der Waals surface area contributed by atoms with Crippen molar-refractivity contribution >= 4 is 33.5 Å². The molecule has 0 saturated carbocycles. The molecule has 3 fully saturated rings. The number of hydrogen-bond donors (Lipinski definition) is 0. The minimum absolute atomic E-state index is 0.0556. The molecule has 3 saturated heterocycles. The molecule has 0 bridgehead atoms. The Morgan fingerprint density at radius 2 is 1.73 bits per heavy atom. The van der Waals surface area contributed by atoms with Gasteiger partial charge in [0.05, 0.1) is 12.5 Å². The van der Waals surface area contributed by atoms with Gasteiger partial charge in [0.1, 0.15) is 22.8 Å². The van der Waals surface area contributed by atoms with Crippen molar-refractivity contribution in [1.82, 2.24) is 4.90 Å². The van der Waals surface area contributed by atoms with Crippen molar-refractivity contribution in [3.8, 4) is 0 Å². The third kappa shape index (κ3) is 2.77. The maximum Gasteiger partial charge on any atom is 0.345 e. The number of fused-ring (bicyclic) bond motifs is 6. The lowest BCUT2D eigenvalue weighted by molar-refractivity contribution is -0.247. The average Bonchev–Trinajstić information content (AvgIpc) is 3.59. The summed E-state index contributed by atoms with van der Waals surface area (Å²) in [4.78, 5) is 44.4. The zero-order chi connectivity index (χ0) is 28.5. The van der Waals surface area contributed by atoms with Crippen LogP contribution in [0.3, 0.4) is 0 Å². The molecule has 5 atom stereocenters. The summed E-state index contributed by atoms with van der Waals surface area (Å²) in [5, 5.41) is 1.93. The molecule has 0 amide bonds. The molecule has 0 N–H and O–H groups in total. The number of hydrogen-bond acceptors (Lipinski definition) is 9. The molecule has 1 aromatic heterocycles. The number of ether oxygens (including phenoxy) is 4. The predicted molar refractivity (Wildman–Crippen MR) is 146 cm³/mol. The Labute approximate surface area is 234 Å². The largest absolute Gasteiger partial charge is 0.465 e. The van der Waals surface area contributed by atoms with Crippen LogP contribution >= 0.6 is 0 Å². The second-order valence-electron chi connectivity index (χ2n) is 11.7. The van der Waals surface area contributed by atoms with Crippen molar-refractivity contribution in [3.63, 3.8) is 0 Å². The van der Waals surface area contributed by atoms with Gasteiger partial charge in [-0.25, -0.2) is 4.79 Å². The van der Waals surface area contributed by atoms with Crippen LogP contribution in [-0.2, 0) is 30.1 Å². The van der Waals surface area contributed by atoms with E-state index in [-0.39, 0.29) is 28.1 Å². The molecule has 4 heterocycles. The number of para-hydroxylation sites is 1. The lowest BCUT2D eigenvalue weighted by Crippen LogP contribution is -2.58. The number of ketones is 1. The second-order valence-corrected chi connectivity index (χ2v) is 11.7. The van der Waals surface area contributed by atoms with Crippen LogP contribution in [-0.4, -0.2) is 55.5 Å². The summed E-state index contributed by atoms with van der Waals surface area (Å²) in [5.74, 6) is -2.63. The number of rotatable bonds is 2. The smallest absolute Gasteiger partial charge is 0.345 e. The number of carbonyl (C=O) groups excluding carboxylic acids is 2. The van der Waals surface area contributed by atoms with E-state index in [9.17, 15) is 14.4 Å². The van der Waals surface area contributed by atoms with Gasteiger partial charge >= 0.3 is 5.97 Å². The fourth-order valence-electron chi connectivity index (χ4n) is 7.90. The normalized spacial score (nSPS) is 31.3. The number of esters is 1. The van der Waals surface area contributed by atoms with Crippen LogP contribution in [0, 0.1) is 5.92 Å². The SMILES string of the molecule is COC(=O)c1c([C@@]23O[C@H]4OC(C)(C)O[C@H]4[C@@H]2CN(C)[C@]32C(=O)c3cccc4cccc2c34)oc2ccccc2c1=O. The number of methoxy groups -OCH3 is 1. The molecule has 3 aromatic carbocycles. The van der Waals surface area contributed by atoms with Crippen LogP contribution in [0.25, 0.3) is 21.7 Å². The van der Waals surface area contributed by atoms with Gasteiger partial charge in [-0.05, 0) is 49.4 Å². The highest BCUT2D eigenvalue weighted by Crippen LogP contribution is 2.67. The van der Waals surface area contributed by atoms with Crippen molar-refractivity contribution in [1.29, 1.82) is 0 Å². The van der Waals surface area contributed by atoms with E-state index in [0.717, 1.165) is 10.8 Å². The average molecular weight is 554 g/mol. The molecule has 8 rings (SSSR count). The van der Waals surface area contributed by atoms with Crippen molar-refractivity contribution in [2.45, 2.75) is 43.2 Å². The van der Waals surface area contributed by atoms with E-state index < -0.39 is 46.6 Å². The Hall–Kier alpha value is -3.89. The minimum Gasteiger partial charge on any atom is -0.465 e. The van der Waals surface area contributed by atoms with Gasteiger partial charge in [-0.1, -0.05) is 48.5 Å². The minimum atomic E-state index is -1.68. The topological polar surface area (TPSA) is 105 Å². The molecule has 4 aromatic rings. The Morgan fingerprint density at radius 1 is 0.976 bits per heavy atom. The lowest BCUT2D eigenvalue weighted by atomic mass is 9.68. The first-order chi connectivity index (χ1) is 19.7. The zero-order valence-corrected chi connectivity index (χ0v) is 22.9. The van der Waals surface area contributed by atoms with Crippen LogP contribution < -0.4 is 5.43 Å². The summed E-state index contributed by atoms with van der Waals surface area (Å²) in [7, 11) is 3.07. The summed E-state index contributed by atoms with van der Waals surface area (Å²) in [5.41, 5.74) is -2.52. The first-order valence-corrected chi connectivity index (χ1v) is 13.6. The quantitative estimate of drug-likeness (QED) is 0.340. The van der Waals surface area contributed by atoms with Gasteiger partial charge in [-0.2, -0.15) is 0 Å². The Bertz CT molecular complexity index is 1890. The zero-order valence-electron chi connectivity index (χ0n) is 22.9. The van der Waals surface area contributed by atoms with Crippen molar-refractivity contribution < 1.29 is 33.0 Å². The summed E-state index contributed by atoms with van der Waals surface area (Å²) in [6.07, 6.45) is -1.48. The maximum absolute atomic E-state index is 14.9. The van der Waals surface area contributed by atoms with Gasteiger partial charge in [0.2, 0.25) is 5.43 Å². The first kappa shape index (κ1) is 24.9. The van der Waals surface area contributed by atoms with Crippen molar-refractivity contribution in [2.75, 3.05) is 20.7 Å². The van der Waals surface area contributed by atoms with E-state index >= 15 is 0 Å². The second kappa shape index (κ2) is 7.89. The summed E-state index contributed by atoms with van der Waals surface area (Å²) >= 11 is 0. The maximum atomic E-state index is 14.9. The van der Waals surface area contributed by atoms with Crippen LogP contribution in [0.1, 0.15) is 45.9 Å². The Kier molecular flexibility index (Phi) is 4.79. The monoisotopic (exact) mass is 553 g/mol. The standard InChI is InChI=1S/C32H27NO8/c1-30(2)39-25-20-15-33(3)31(19-13-8-10-16-9-7-12-18(22(16)19)26(31)35)32(20,41-29(25)40-30)27-23(28(36)37-4)24(34)17-11-5-6-14-21(17)38-27/h5-14,20,25,29H,15H2,1-4H3/t20-,25-,29+,31+,32-/m0/s1. The summed E-state index contributed by atoms with van der Waals surface area (Å²) in [6, 6.07) is 18.1. The van der Waals surface area contributed by atoms with Crippen molar-refractivity contribution in [3.05, 3.63) is 93.3 Å². The predicted octanol–water partition coefficient (Wildman–Crippen LogP) is 4.09. The fourth-order valence-corrected chi connectivity index (χ4v) is 7.90. The highest BCUT2D eigenvalue weighted by Gasteiger charge is 2.80. The molecule has 208 valence electrons. The number of nitrogens with zero attached hydrogens (tertiary/aromatic N) is 1. The number of likely N-dealkylation sites (tertiary alicyclic amines) is 1. The van der Waals surface area contributed by atoms with Crippen LogP contribution in [0.5, 0.6) is 0 Å². The molecule has 0 unspecified atom stereocenters. The highest BCUT2D eigenvalue weighted by atomic mass is 16.8. The Morgan fingerprint density at radius 3 is 2.51 bits per heavy atom. The summed E-state index contributed by atoms with van der Waals surface area (Å²) in [6.45, 7) is 3.95. The van der Waals surface area contributed by atoms with E-state index in [1.807, 2.05) is 42.3 Å². The fraction of sp³-hybridized carbons (Fsp3) is 0.344. The number of Topliss-reactive ketones (excluding diaryl/α,β-unsaturated/α-hetero) is 1. The van der Waals surface area contributed by atoms with Crippen LogP contribution in [0.4, 0.5) is 0 Å². The number of benzene rings is 3. The molecule has 1 spiro atoms. The first-order valence-electron chi connectivity index (χ1n) is 13.6. The molecule has 9 nitrogen and oxygen atoms in total. The van der Waals surface area contributed by atoms with E-state index in [2.05, 4.69) is 0 Å². The molecule has 4 aliphatic rings. The van der Waals surface area contributed by atoms with E-state index in [4.69, 9.17) is 23.4 Å². The molecule has 1 aliphatic carbocycles. The molecule has 41 heavy (non-hydrogen) atoms.